The highest BCUT2D eigenvalue weighted by Crippen LogP contribution is 2.31. The van der Waals surface area contributed by atoms with Gasteiger partial charge < -0.3 is 14.6 Å². The van der Waals surface area contributed by atoms with Crippen molar-refractivity contribution in [3.05, 3.63) is 23.8 Å². The van der Waals surface area contributed by atoms with Crippen molar-refractivity contribution in [3.8, 4) is 11.5 Å². The van der Waals surface area contributed by atoms with Gasteiger partial charge in [0, 0.05) is 5.75 Å². The van der Waals surface area contributed by atoms with Gasteiger partial charge in [-0.05, 0) is 30.5 Å². The van der Waals surface area contributed by atoms with Gasteiger partial charge in [0.25, 0.3) is 0 Å². The van der Waals surface area contributed by atoms with Gasteiger partial charge in [-0.1, -0.05) is 13.0 Å². The van der Waals surface area contributed by atoms with Crippen molar-refractivity contribution in [2.24, 2.45) is 0 Å². The highest BCUT2D eigenvalue weighted by molar-refractivity contribution is 7.91. The third-order valence-electron chi connectivity index (χ3n) is 3.17. The van der Waals surface area contributed by atoms with Crippen LogP contribution in [0.5, 0.6) is 11.5 Å². The maximum absolute atomic E-state index is 11.4. The minimum Gasteiger partial charge on any atom is -0.493 e. The van der Waals surface area contributed by atoms with Gasteiger partial charge >= 0.3 is 0 Å². The summed E-state index contributed by atoms with van der Waals surface area (Å²) < 4.78 is 33.1. The summed E-state index contributed by atoms with van der Waals surface area (Å²) in [5, 5.41) is 10.1. The Balaban J connectivity index is 2.66. The van der Waals surface area contributed by atoms with Crippen molar-refractivity contribution >= 4 is 9.84 Å². The van der Waals surface area contributed by atoms with Crippen LogP contribution >= 0.6 is 0 Å². The molecule has 114 valence electrons. The van der Waals surface area contributed by atoms with Crippen LogP contribution in [0.2, 0.25) is 0 Å². The number of ether oxygens (including phenoxy) is 2. The molecule has 0 bridgehead atoms. The topological polar surface area (TPSA) is 72.8 Å². The second-order valence-corrected chi connectivity index (χ2v) is 6.98. The zero-order valence-electron chi connectivity index (χ0n) is 12.1. The molecular formula is C14H22O5S. The zero-order valence-corrected chi connectivity index (χ0v) is 12.9. The summed E-state index contributed by atoms with van der Waals surface area (Å²) in [7, 11) is 0.0982. The molecule has 0 aliphatic carbocycles. The quantitative estimate of drug-likeness (QED) is 0.794. The normalized spacial score (nSPS) is 13.0. The molecule has 1 rings (SSSR count). The van der Waals surface area contributed by atoms with E-state index in [1.807, 2.05) is 0 Å². The summed E-state index contributed by atoms with van der Waals surface area (Å²) in [6.07, 6.45) is 0.127. The van der Waals surface area contributed by atoms with Crippen LogP contribution in [0.3, 0.4) is 0 Å². The zero-order chi connectivity index (χ0) is 15.2. The molecule has 0 fully saturated rings. The molecule has 0 aliphatic heterocycles. The molecule has 0 heterocycles. The fourth-order valence-corrected chi connectivity index (χ4v) is 2.76. The largest absolute Gasteiger partial charge is 0.493 e. The van der Waals surface area contributed by atoms with Gasteiger partial charge in [-0.3, -0.25) is 0 Å². The Kier molecular flexibility index (Phi) is 6.29. The third kappa shape index (κ3) is 4.68. The molecule has 0 aromatic heterocycles. The predicted molar refractivity (Wildman–Crippen MR) is 78.1 cm³/mol. The van der Waals surface area contributed by atoms with Crippen LogP contribution < -0.4 is 9.47 Å². The van der Waals surface area contributed by atoms with E-state index in [-0.39, 0.29) is 11.5 Å². The monoisotopic (exact) mass is 302 g/mol. The van der Waals surface area contributed by atoms with Crippen molar-refractivity contribution in [1.82, 2.24) is 0 Å². The highest BCUT2D eigenvalue weighted by atomic mass is 32.2. The molecule has 0 amide bonds. The number of aliphatic hydroxyl groups is 1. The van der Waals surface area contributed by atoms with Crippen molar-refractivity contribution in [2.75, 3.05) is 25.7 Å². The fourth-order valence-electron chi connectivity index (χ4n) is 1.87. The standard InChI is InChI=1S/C14H22O5S/c1-4-20(16,17)9-5-6-12(15)11-7-8-13(18-2)14(10-11)19-3/h7-8,10,12,15H,4-6,9H2,1-3H3. The Bertz CT molecular complexity index is 524. The average Bonchev–Trinajstić information content (AvgIpc) is 2.46. The molecule has 1 aromatic carbocycles. The summed E-state index contributed by atoms with van der Waals surface area (Å²) in [5.41, 5.74) is 0.691. The first-order valence-corrected chi connectivity index (χ1v) is 8.36. The molecule has 20 heavy (non-hydrogen) atoms. The van der Waals surface area contributed by atoms with E-state index in [1.165, 1.54) is 7.11 Å². The Morgan fingerprint density at radius 3 is 2.40 bits per heavy atom. The van der Waals surface area contributed by atoms with E-state index >= 15 is 0 Å². The minimum absolute atomic E-state index is 0.105. The van der Waals surface area contributed by atoms with Gasteiger partial charge in [-0.2, -0.15) is 0 Å². The number of hydrogen-bond donors (Lipinski definition) is 1. The summed E-state index contributed by atoms with van der Waals surface area (Å²) in [6.45, 7) is 1.63. The number of hydrogen-bond acceptors (Lipinski definition) is 5. The van der Waals surface area contributed by atoms with Crippen LogP contribution in [0, 0.1) is 0 Å². The van der Waals surface area contributed by atoms with Gasteiger partial charge in [0.1, 0.15) is 9.84 Å². The molecular weight excluding hydrogens is 280 g/mol. The molecule has 0 saturated heterocycles. The lowest BCUT2D eigenvalue weighted by Crippen LogP contribution is -2.10. The molecule has 0 aliphatic rings. The minimum atomic E-state index is -2.98. The van der Waals surface area contributed by atoms with Crippen LogP contribution in [0.4, 0.5) is 0 Å². The number of methoxy groups -OCH3 is 2. The number of aliphatic hydroxyl groups excluding tert-OH is 1. The Labute approximate surface area is 120 Å². The van der Waals surface area contributed by atoms with Gasteiger partial charge in [0.2, 0.25) is 0 Å². The van der Waals surface area contributed by atoms with Gasteiger partial charge in [0.15, 0.2) is 11.5 Å². The lowest BCUT2D eigenvalue weighted by molar-refractivity contribution is 0.166. The Morgan fingerprint density at radius 1 is 1.20 bits per heavy atom. The second-order valence-electron chi connectivity index (χ2n) is 4.51. The van der Waals surface area contributed by atoms with Crippen LogP contribution in [-0.4, -0.2) is 39.2 Å². The van der Waals surface area contributed by atoms with Crippen molar-refractivity contribution in [3.63, 3.8) is 0 Å². The molecule has 1 aromatic rings. The average molecular weight is 302 g/mol. The van der Waals surface area contributed by atoms with Crippen LogP contribution in [0.15, 0.2) is 18.2 Å². The van der Waals surface area contributed by atoms with E-state index in [2.05, 4.69) is 0 Å². The molecule has 5 nitrogen and oxygen atoms in total. The molecule has 1 N–H and O–H groups in total. The van der Waals surface area contributed by atoms with E-state index in [1.54, 1.807) is 32.2 Å². The summed E-state index contributed by atoms with van der Waals surface area (Å²) >= 11 is 0. The van der Waals surface area contributed by atoms with Crippen LogP contribution in [0.1, 0.15) is 31.4 Å². The molecule has 1 atom stereocenters. The van der Waals surface area contributed by atoms with Gasteiger partial charge in [-0.15, -0.1) is 0 Å². The van der Waals surface area contributed by atoms with Gasteiger partial charge in [-0.25, -0.2) is 8.42 Å². The van der Waals surface area contributed by atoms with Crippen molar-refractivity contribution < 1.29 is 23.0 Å². The van der Waals surface area contributed by atoms with Crippen molar-refractivity contribution in [2.45, 2.75) is 25.9 Å². The Hall–Kier alpha value is -1.27. The van der Waals surface area contributed by atoms with E-state index in [0.717, 1.165) is 0 Å². The SMILES string of the molecule is CCS(=O)(=O)CCCC(O)c1ccc(OC)c(OC)c1. The molecule has 6 heteroatoms. The third-order valence-corrected chi connectivity index (χ3v) is 4.96. The molecule has 0 radical (unpaired) electrons. The number of rotatable bonds is 8. The molecule has 0 spiro atoms. The van der Waals surface area contributed by atoms with Crippen LogP contribution in [-0.2, 0) is 9.84 Å². The van der Waals surface area contributed by atoms with Crippen LogP contribution in [0.25, 0.3) is 0 Å². The maximum Gasteiger partial charge on any atom is 0.161 e. The number of benzene rings is 1. The lowest BCUT2D eigenvalue weighted by atomic mass is 10.0. The van der Waals surface area contributed by atoms with E-state index < -0.39 is 15.9 Å². The Morgan fingerprint density at radius 2 is 1.85 bits per heavy atom. The highest BCUT2D eigenvalue weighted by Gasteiger charge is 2.13. The second kappa shape index (κ2) is 7.50. The summed E-state index contributed by atoms with van der Waals surface area (Å²) in [5.74, 6) is 1.38. The smallest absolute Gasteiger partial charge is 0.161 e. The fraction of sp³-hybridized carbons (Fsp3) is 0.571. The van der Waals surface area contributed by atoms with Gasteiger partial charge in [0.05, 0.1) is 26.1 Å². The van der Waals surface area contributed by atoms with Crippen molar-refractivity contribution in [1.29, 1.82) is 0 Å². The first-order chi connectivity index (χ1) is 9.43. The van der Waals surface area contributed by atoms with E-state index in [4.69, 9.17) is 9.47 Å². The first kappa shape index (κ1) is 16.8. The summed E-state index contributed by atoms with van der Waals surface area (Å²) in [6, 6.07) is 5.18. The summed E-state index contributed by atoms with van der Waals surface area (Å²) in [4.78, 5) is 0. The first-order valence-electron chi connectivity index (χ1n) is 6.54. The van der Waals surface area contributed by atoms with E-state index in [0.29, 0.717) is 29.9 Å². The predicted octanol–water partition coefficient (Wildman–Crippen LogP) is 1.95. The molecule has 0 saturated carbocycles. The number of sulfone groups is 1. The van der Waals surface area contributed by atoms with E-state index in [9.17, 15) is 13.5 Å². The molecule has 1 unspecified atom stereocenters. The lowest BCUT2D eigenvalue weighted by Gasteiger charge is -2.14. The maximum atomic E-state index is 11.4.